The Labute approximate surface area is 158 Å². The normalized spacial score (nSPS) is 12.4. The summed E-state index contributed by atoms with van der Waals surface area (Å²) in [5.41, 5.74) is 0.619. The molecule has 6 nitrogen and oxygen atoms in total. The second-order valence-corrected chi connectivity index (χ2v) is 7.67. The highest BCUT2D eigenvalue weighted by molar-refractivity contribution is 7.89. The first-order valence-electron chi connectivity index (χ1n) is 8.54. The van der Waals surface area contributed by atoms with Gasteiger partial charge in [-0.05, 0) is 48.4 Å². The van der Waals surface area contributed by atoms with Gasteiger partial charge in [-0.15, -0.1) is 0 Å². The zero-order valence-electron chi connectivity index (χ0n) is 15.2. The minimum Gasteiger partial charge on any atom is -0.497 e. The predicted molar refractivity (Wildman–Crippen MR) is 100 cm³/mol. The van der Waals surface area contributed by atoms with E-state index in [0.29, 0.717) is 17.9 Å². The van der Waals surface area contributed by atoms with E-state index in [2.05, 4.69) is 10.0 Å². The summed E-state index contributed by atoms with van der Waals surface area (Å²) >= 11 is 0. The smallest absolute Gasteiger partial charge is 0.241 e. The molecule has 8 heteroatoms. The van der Waals surface area contributed by atoms with Crippen molar-refractivity contribution < 1.29 is 22.3 Å². The van der Waals surface area contributed by atoms with E-state index in [0.717, 1.165) is 18.6 Å². The van der Waals surface area contributed by atoms with Crippen LogP contribution in [0.1, 0.15) is 31.4 Å². The van der Waals surface area contributed by atoms with Gasteiger partial charge in [0.15, 0.2) is 0 Å². The fourth-order valence-electron chi connectivity index (χ4n) is 2.45. The Hall–Kier alpha value is -2.45. The lowest BCUT2D eigenvalue weighted by atomic mass is 10.0. The van der Waals surface area contributed by atoms with Gasteiger partial charge in [0.1, 0.15) is 11.6 Å². The molecule has 1 atom stereocenters. The lowest BCUT2D eigenvalue weighted by molar-refractivity contribution is -0.121. The van der Waals surface area contributed by atoms with Crippen LogP contribution in [-0.4, -0.2) is 28.0 Å². The van der Waals surface area contributed by atoms with Crippen LogP contribution in [0.4, 0.5) is 4.39 Å². The fourth-order valence-corrected chi connectivity index (χ4v) is 3.68. The predicted octanol–water partition coefficient (Wildman–Crippen LogP) is 2.77. The van der Waals surface area contributed by atoms with E-state index in [9.17, 15) is 17.6 Å². The number of carbonyl (C=O) groups is 1. The molecule has 0 aliphatic rings. The number of methoxy groups -OCH3 is 1. The second kappa shape index (κ2) is 9.48. The van der Waals surface area contributed by atoms with E-state index in [1.807, 2.05) is 6.92 Å². The molecule has 27 heavy (non-hydrogen) atoms. The van der Waals surface area contributed by atoms with E-state index >= 15 is 0 Å². The summed E-state index contributed by atoms with van der Waals surface area (Å²) in [7, 11) is -2.40. The summed E-state index contributed by atoms with van der Waals surface area (Å²) in [5.74, 6) is -0.173. The van der Waals surface area contributed by atoms with Crippen LogP contribution in [-0.2, 0) is 14.8 Å². The molecule has 1 unspecified atom stereocenters. The Morgan fingerprint density at radius 2 is 1.74 bits per heavy atom. The molecule has 0 radical (unpaired) electrons. The monoisotopic (exact) mass is 394 g/mol. The van der Waals surface area contributed by atoms with Crippen molar-refractivity contribution in [1.29, 1.82) is 0 Å². The Morgan fingerprint density at radius 3 is 2.30 bits per heavy atom. The molecule has 0 saturated heterocycles. The molecule has 1 amide bonds. The average molecular weight is 394 g/mol. The number of benzene rings is 2. The van der Waals surface area contributed by atoms with Gasteiger partial charge in [-0.1, -0.05) is 19.1 Å². The second-order valence-electron chi connectivity index (χ2n) is 5.96. The molecular formula is C19H23FN2O4S. The van der Waals surface area contributed by atoms with Gasteiger partial charge < -0.3 is 10.1 Å². The zero-order chi connectivity index (χ0) is 19.9. The first-order valence-corrected chi connectivity index (χ1v) is 10.0. The highest BCUT2D eigenvalue weighted by Gasteiger charge is 2.24. The number of hydrogen-bond donors (Lipinski definition) is 2. The van der Waals surface area contributed by atoms with Crippen molar-refractivity contribution in [3.05, 3.63) is 59.9 Å². The van der Waals surface area contributed by atoms with E-state index in [-0.39, 0.29) is 17.2 Å². The Morgan fingerprint density at radius 1 is 1.11 bits per heavy atom. The summed E-state index contributed by atoms with van der Waals surface area (Å²) in [6.07, 6.45) is 0.715. The molecule has 0 bridgehead atoms. The quantitative estimate of drug-likeness (QED) is 0.685. The first kappa shape index (κ1) is 20.9. The van der Waals surface area contributed by atoms with Crippen LogP contribution < -0.4 is 14.8 Å². The number of amides is 1. The minimum atomic E-state index is -3.93. The van der Waals surface area contributed by atoms with Gasteiger partial charge in [-0.25, -0.2) is 17.5 Å². The maximum atomic E-state index is 13.1. The number of halogens is 1. The van der Waals surface area contributed by atoms with E-state index in [1.165, 1.54) is 19.2 Å². The molecular weight excluding hydrogens is 371 g/mol. The van der Waals surface area contributed by atoms with Crippen LogP contribution in [0, 0.1) is 5.82 Å². The third-order valence-electron chi connectivity index (χ3n) is 3.90. The molecule has 0 spiro atoms. The SMILES string of the molecule is CCCNC(=O)CC(NS(=O)(=O)c1ccc(F)cc1)c1ccc(OC)cc1. The highest BCUT2D eigenvalue weighted by Crippen LogP contribution is 2.23. The molecule has 2 aromatic carbocycles. The molecule has 0 fully saturated rings. The molecule has 0 aliphatic heterocycles. The molecule has 2 N–H and O–H groups in total. The standard InChI is InChI=1S/C19H23FN2O4S/c1-3-12-21-19(23)13-18(14-4-8-16(26-2)9-5-14)22-27(24,25)17-10-6-15(20)7-11-17/h4-11,18,22H,3,12-13H2,1-2H3,(H,21,23). The lowest BCUT2D eigenvalue weighted by Crippen LogP contribution is -2.34. The van der Waals surface area contributed by atoms with Gasteiger partial charge in [0, 0.05) is 13.0 Å². The summed E-state index contributed by atoms with van der Waals surface area (Å²) in [5, 5.41) is 2.74. The maximum Gasteiger partial charge on any atom is 0.241 e. The van der Waals surface area contributed by atoms with E-state index < -0.39 is 21.9 Å². The largest absolute Gasteiger partial charge is 0.497 e. The summed E-state index contributed by atoms with van der Waals surface area (Å²) in [4.78, 5) is 12.1. The zero-order valence-corrected chi connectivity index (χ0v) is 16.1. The van der Waals surface area contributed by atoms with Crippen molar-refractivity contribution in [3.63, 3.8) is 0 Å². The van der Waals surface area contributed by atoms with Gasteiger partial charge in [0.05, 0.1) is 18.0 Å². The van der Waals surface area contributed by atoms with Crippen molar-refractivity contribution in [2.45, 2.75) is 30.7 Å². The van der Waals surface area contributed by atoms with Crippen molar-refractivity contribution in [2.24, 2.45) is 0 Å². The summed E-state index contributed by atoms with van der Waals surface area (Å²) < 4.78 is 46.0. The number of nitrogens with one attached hydrogen (secondary N) is 2. The minimum absolute atomic E-state index is 0.0627. The Bertz CT molecular complexity index is 852. The average Bonchev–Trinajstić information content (AvgIpc) is 2.66. The van der Waals surface area contributed by atoms with Crippen LogP contribution in [0.25, 0.3) is 0 Å². The number of rotatable bonds is 9. The molecule has 0 aromatic heterocycles. The Balaban J connectivity index is 2.27. The Kier molecular flexibility index (Phi) is 7.32. The molecule has 0 aliphatic carbocycles. The molecule has 0 saturated carbocycles. The van der Waals surface area contributed by atoms with Gasteiger partial charge in [0.25, 0.3) is 0 Å². The van der Waals surface area contributed by atoms with Crippen molar-refractivity contribution in [1.82, 2.24) is 10.0 Å². The van der Waals surface area contributed by atoms with Gasteiger partial charge in [0.2, 0.25) is 15.9 Å². The van der Waals surface area contributed by atoms with Crippen molar-refractivity contribution in [3.8, 4) is 5.75 Å². The van der Waals surface area contributed by atoms with Gasteiger partial charge in [-0.2, -0.15) is 0 Å². The van der Waals surface area contributed by atoms with Crippen LogP contribution in [0.3, 0.4) is 0 Å². The van der Waals surface area contributed by atoms with E-state index in [4.69, 9.17) is 4.74 Å². The van der Waals surface area contributed by atoms with Crippen LogP contribution >= 0.6 is 0 Å². The number of carbonyl (C=O) groups excluding carboxylic acids is 1. The fraction of sp³-hybridized carbons (Fsp3) is 0.316. The topological polar surface area (TPSA) is 84.5 Å². The van der Waals surface area contributed by atoms with Crippen LogP contribution in [0.15, 0.2) is 53.4 Å². The molecule has 146 valence electrons. The third kappa shape index (κ3) is 6.04. The van der Waals surface area contributed by atoms with Crippen molar-refractivity contribution in [2.75, 3.05) is 13.7 Å². The highest BCUT2D eigenvalue weighted by atomic mass is 32.2. The number of sulfonamides is 1. The maximum absolute atomic E-state index is 13.1. The van der Waals surface area contributed by atoms with Gasteiger partial charge in [-0.3, -0.25) is 4.79 Å². The van der Waals surface area contributed by atoms with Gasteiger partial charge >= 0.3 is 0 Å². The molecule has 2 aromatic rings. The third-order valence-corrected chi connectivity index (χ3v) is 5.39. The number of ether oxygens (including phenoxy) is 1. The molecule has 0 heterocycles. The summed E-state index contributed by atoms with van der Waals surface area (Å²) in [6, 6.07) is 10.5. The van der Waals surface area contributed by atoms with Crippen LogP contribution in [0.5, 0.6) is 5.75 Å². The number of hydrogen-bond acceptors (Lipinski definition) is 4. The van der Waals surface area contributed by atoms with E-state index in [1.54, 1.807) is 24.3 Å². The molecule has 2 rings (SSSR count). The lowest BCUT2D eigenvalue weighted by Gasteiger charge is -2.19. The first-order chi connectivity index (χ1) is 12.9. The summed E-state index contributed by atoms with van der Waals surface area (Å²) in [6.45, 7) is 2.44. The van der Waals surface area contributed by atoms with Crippen LogP contribution in [0.2, 0.25) is 0 Å². The van der Waals surface area contributed by atoms with Crippen molar-refractivity contribution >= 4 is 15.9 Å².